The minimum Gasteiger partial charge on any atom is -0.493 e. The van der Waals surface area contributed by atoms with E-state index in [-0.39, 0.29) is 17.0 Å². The highest BCUT2D eigenvalue weighted by Crippen LogP contribution is 2.59. The maximum atomic E-state index is 10.7. The third-order valence-electron chi connectivity index (χ3n) is 7.60. The van der Waals surface area contributed by atoms with Crippen molar-refractivity contribution in [1.82, 2.24) is 9.55 Å². The van der Waals surface area contributed by atoms with Gasteiger partial charge in [-0.3, -0.25) is 4.57 Å². The summed E-state index contributed by atoms with van der Waals surface area (Å²) >= 11 is 0. The van der Waals surface area contributed by atoms with Crippen molar-refractivity contribution < 1.29 is 9.84 Å². The first-order valence-corrected chi connectivity index (χ1v) is 10.8. The zero-order valence-electron chi connectivity index (χ0n) is 17.4. The van der Waals surface area contributed by atoms with E-state index in [1.165, 1.54) is 19.3 Å². The van der Waals surface area contributed by atoms with Crippen LogP contribution in [0.3, 0.4) is 0 Å². The average Bonchev–Trinajstić information content (AvgIpc) is 3.27. The predicted molar refractivity (Wildman–Crippen MR) is 115 cm³/mol. The second-order valence-electron chi connectivity index (χ2n) is 9.72. The molecule has 5 aliphatic rings. The normalized spacial score (nSPS) is 33.7. The van der Waals surface area contributed by atoms with Gasteiger partial charge in [-0.25, -0.2) is 15.0 Å². The van der Waals surface area contributed by atoms with Gasteiger partial charge in [0.2, 0.25) is 11.8 Å². The summed E-state index contributed by atoms with van der Waals surface area (Å²) in [5, 5.41) is 16.3. The van der Waals surface area contributed by atoms with Gasteiger partial charge >= 0.3 is 0 Å². The van der Waals surface area contributed by atoms with Crippen molar-refractivity contribution in [3.8, 4) is 5.88 Å². The molecule has 2 heterocycles. The van der Waals surface area contributed by atoms with Crippen LogP contribution in [0.4, 0.5) is 11.6 Å². The number of anilines is 1. The number of nitrogens with zero attached hydrogens (tertiary/aromatic N) is 4. The van der Waals surface area contributed by atoms with Gasteiger partial charge in [-0.15, -0.1) is 0 Å². The number of methoxy groups -OCH3 is 1. The Morgan fingerprint density at radius 1 is 1.23 bits per heavy atom. The molecule has 0 spiro atoms. The fourth-order valence-corrected chi connectivity index (χ4v) is 6.67. The summed E-state index contributed by atoms with van der Waals surface area (Å²) in [7, 11) is 3.73. The van der Waals surface area contributed by atoms with Crippen LogP contribution in [0.2, 0.25) is 0 Å². The molecule has 2 aromatic rings. The van der Waals surface area contributed by atoms with E-state index in [9.17, 15) is 5.11 Å². The third-order valence-corrected chi connectivity index (χ3v) is 7.60. The van der Waals surface area contributed by atoms with Crippen molar-refractivity contribution in [2.45, 2.75) is 49.7 Å². The lowest BCUT2D eigenvalue weighted by Gasteiger charge is -2.61. The molecule has 2 N–H and O–H groups in total. The van der Waals surface area contributed by atoms with E-state index < -0.39 is 0 Å². The Kier molecular flexibility index (Phi) is 3.73. The number of aromatic hydroxyl groups is 1. The molecule has 1 aliphatic heterocycles. The lowest BCUT2D eigenvalue weighted by atomic mass is 9.51. The Morgan fingerprint density at radius 2 is 2.03 bits per heavy atom. The van der Waals surface area contributed by atoms with E-state index in [0.717, 1.165) is 53.3 Å². The molecule has 7 heteroatoms. The number of nitrogens with one attached hydrogen (secondary N) is 1. The van der Waals surface area contributed by atoms with E-state index >= 15 is 0 Å². The largest absolute Gasteiger partial charge is 0.493 e. The van der Waals surface area contributed by atoms with Gasteiger partial charge in [0.1, 0.15) is 12.0 Å². The van der Waals surface area contributed by atoms with Crippen molar-refractivity contribution >= 4 is 24.1 Å². The van der Waals surface area contributed by atoms with Crippen LogP contribution in [-0.2, 0) is 11.8 Å². The van der Waals surface area contributed by atoms with Crippen LogP contribution in [0, 0.1) is 11.8 Å². The summed E-state index contributed by atoms with van der Waals surface area (Å²) in [4.78, 5) is 13.2. The highest BCUT2D eigenvalue weighted by atomic mass is 16.5. The van der Waals surface area contributed by atoms with Crippen molar-refractivity contribution in [2.75, 3.05) is 12.4 Å². The molecule has 7 rings (SSSR count). The number of ether oxygens (including phenoxy) is 1. The first kappa shape index (κ1) is 18.1. The van der Waals surface area contributed by atoms with E-state index in [2.05, 4.69) is 15.3 Å². The summed E-state index contributed by atoms with van der Waals surface area (Å²) < 4.78 is 7.80. The molecule has 1 aromatic heterocycles. The van der Waals surface area contributed by atoms with Gasteiger partial charge in [-0.2, -0.15) is 0 Å². The zero-order valence-corrected chi connectivity index (χ0v) is 17.4. The second-order valence-corrected chi connectivity index (χ2v) is 9.72. The number of hydrogen-bond donors (Lipinski definition) is 2. The van der Waals surface area contributed by atoms with Crippen LogP contribution < -0.4 is 15.9 Å². The van der Waals surface area contributed by atoms with Gasteiger partial charge < -0.3 is 15.2 Å². The van der Waals surface area contributed by atoms with Gasteiger partial charge in [-0.05, 0) is 73.8 Å². The number of benzene rings is 1. The number of rotatable bonds is 4. The summed E-state index contributed by atoms with van der Waals surface area (Å²) in [6.07, 6.45) is 10.5. The van der Waals surface area contributed by atoms with Gasteiger partial charge in [0.25, 0.3) is 0 Å². The monoisotopic (exact) mass is 405 g/mol. The van der Waals surface area contributed by atoms with E-state index in [1.54, 1.807) is 10.9 Å². The van der Waals surface area contributed by atoms with Crippen molar-refractivity contribution in [1.29, 1.82) is 0 Å². The maximum Gasteiger partial charge on any atom is 0.220 e. The Labute approximate surface area is 175 Å². The summed E-state index contributed by atoms with van der Waals surface area (Å²) in [6.45, 7) is 0. The molecule has 156 valence electrons. The first-order chi connectivity index (χ1) is 14.5. The van der Waals surface area contributed by atoms with Crippen LogP contribution in [0.15, 0.2) is 28.2 Å². The standard InChI is InChI=1S/C23H27N5O2/c1-28-20(29)19(7-14-3-4-17-18(6-14)25-13-24-17)26-21(28)27-22-8-15-5-16(9-22)11-23(10-15,12-22)30-2/h3-4,6-7,13,15-16,29H,5,8-12H2,1-2H3,(H,26,27)/b14-7+. The molecule has 2 atom stereocenters. The lowest BCUT2D eigenvalue weighted by molar-refractivity contribution is -0.148. The van der Waals surface area contributed by atoms with E-state index in [0.29, 0.717) is 5.69 Å². The molecule has 7 nitrogen and oxygen atoms in total. The molecule has 0 radical (unpaired) electrons. The van der Waals surface area contributed by atoms with Crippen molar-refractivity contribution in [2.24, 2.45) is 28.9 Å². The number of hydrogen-bond acceptors (Lipinski definition) is 6. The van der Waals surface area contributed by atoms with Gasteiger partial charge in [0.15, 0.2) is 0 Å². The van der Waals surface area contributed by atoms with Crippen LogP contribution >= 0.6 is 0 Å². The molecule has 4 fully saturated rings. The first-order valence-electron chi connectivity index (χ1n) is 10.8. The minimum atomic E-state index is 0.00665. The molecule has 4 saturated carbocycles. The lowest BCUT2D eigenvalue weighted by Crippen LogP contribution is -2.62. The highest BCUT2D eigenvalue weighted by molar-refractivity contribution is 5.67. The average molecular weight is 406 g/mol. The molecular formula is C23H27N5O2. The molecule has 4 aliphatic carbocycles. The van der Waals surface area contributed by atoms with Crippen LogP contribution in [0.1, 0.15) is 44.2 Å². The van der Waals surface area contributed by atoms with Crippen LogP contribution in [-0.4, -0.2) is 39.2 Å². The van der Waals surface area contributed by atoms with Gasteiger partial charge in [-0.1, -0.05) is 6.07 Å². The molecule has 0 saturated heterocycles. The maximum absolute atomic E-state index is 10.7. The Balaban J connectivity index is 1.34. The Morgan fingerprint density at radius 3 is 2.80 bits per heavy atom. The fourth-order valence-electron chi connectivity index (χ4n) is 6.67. The third kappa shape index (κ3) is 2.71. The molecule has 0 amide bonds. The quantitative estimate of drug-likeness (QED) is 0.818. The fraction of sp³-hybridized carbons (Fsp3) is 0.522. The van der Waals surface area contributed by atoms with Crippen molar-refractivity contribution in [3.63, 3.8) is 0 Å². The number of imidazole rings is 1. The van der Waals surface area contributed by atoms with Crippen LogP contribution in [0.25, 0.3) is 6.08 Å². The second kappa shape index (κ2) is 6.17. The predicted octanol–water partition coefficient (Wildman–Crippen LogP) is 2.40. The van der Waals surface area contributed by atoms with Gasteiger partial charge in [0.05, 0.1) is 16.6 Å². The Hall–Kier alpha value is -2.67. The number of aromatic nitrogens is 2. The molecule has 30 heavy (non-hydrogen) atoms. The van der Waals surface area contributed by atoms with Crippen LogP contribution in [0.5, 0.6) is 5.88 Å². The molecule has 2 unspecified atom stereocenters. The Bertz CT molecular complexity index is 1170. The molecule has 1 aromatic carbocycles. The SMILES string of the molecule is COC12CC3CC(CC(Nc4nc(/C=c5\ccc6c(c5)N=CN=6)c(O)n4C)(C3)C1)C2. The van der Waals surface area contributed by atoms with Crippen molar-refractivity contribution in [3.05, 3.63) is 34.5 Å². The minimum absolute atomic E-state index is 0.00665. The summed E-state index contributed by atoms with van der Waals surface area (Å²) in [5.74, 6) is 2.32. The number of aliphatic imine (C=N–C) groups is 1. The summed E-state index contributed by atoms with van der Waals surface area (Å²) in [5.41, 5.74) is 1.42. The van der Waals surface area contributed by atoms with E-state index in [4.69, 9.17) is 9.72 Å². The van der Waals surface area contributed by atoms with Gasteiger partial charge in [0, 0.05) is 19.7 Å². The zero-order chi connectivity index (χ0) is 20.5. The molecular weight excluding hydrogens is 378 g/mol. The number of fused-ring (bicyclic) bond motifs is 1. The summed E-state index contributed by atoms with van der Waals surface area (Å²) in [6, 6.07) is 5.87. The van der Waals surface area contributed by atoms with E-state index in [1.807, 2.05) is 38.4 Å². The highest BCUT2D eigenvalue weighted by Gasteiger charge is 2.58. The molecule has 4 bridgehead atoms. The topological polar surface area (TPSA) is 84.0 Å². The smallest absolute Gasteiger partial charge is 0.220 e.